The summed E-state index contributed by atoms with van der Waals surface area (Å²) >= 11 is 0. The number of allylic oxidation sites excluding steroid dienone is 8. The van der Waals surface area contributed by atoms with Crippen molar-refractivity contribution in [2.24, 2.45) is 0 Å². The molecule has 12 heavy (non-hydrogen) atoms. The molecule has 0 bridgehead atoms. The minimum Gasteiger partial charge on any atom is -0.0845 e. The van der Waals surface area contributed by atoms with Crippen LogP contribution < -0.4 is 0 Å². The van der Waals surface area contributed by atoms with Crippen LogP contribution in [0.25, 0.3) is 0 Å². The molecule has 0 N–H and O–H groups in total. The van der Waals surface area contributed by atoms with E-state index in [1.807, 2.05) is 0 Å². The van der Waals surface area contributed by atoms with E-state index in [4.69, 9.17) is 0 Å². The quantitative estimate of drug-likeness (QED) is 0.506. The first-order chi connectivity index (χ1) is 6.00. The fourth-order valence-corrected chi connectivity index (χ4v) is 1.10. The van der Waals surface area contributed by atoms with E-state index in [-0.39, 0.29) is 0 Å². The Balaban J connectivity index is 2.42. The maximum Gasteiger partial charge on any atom is -0.0163 e. The van der Waals surface area contributed by atoms with Crippen LogP contribution in [0.2, 0.25) is 0 Å². The van der Waals surface area contributed by atoms with E-state index < -0.39 is 0 Å². The minimum absolute atomic E-state index is 1.04. The van der Waals surface area contributed by atoms with Crippen LogP contribution in [0, 0.1) is 0 Å². The molecule has 0 heterocycles. The van der Waals surface area contributed by atoms with E-state index in [0.717, 1.165) is 6.42 Å². The van der Waals surface area contributed by atoms with Crippen molar-refractivity contribution >= 4 is 0 Å². The zero-order valence-corrected chi connectivity index (χ0v) is 7.45. The lowest BCUT2D eigenvalue weighted by Crippen LogP contribution is -1.69. The van der Waals surface area contributed by atoms with Crippen LogP contribution >= 0.6 is 0 Å². The molecule has 0 saturated carbocycles. The van der Waals surface area contributed by atoms with Crippen molar-refractivity contribution in [2.75, 3.05) is 0 Å². The average molecular weight is 160 g/mol. The molecule has 0 heteroatoms. The highest BCUT2D eigenvalue weighted by Crippen LogP contribution is 2.00. The van der Waals surface area contributed by atoms with Gasteiger partial charge in [0.25, 0.3) is 0 Å². The molecule has 1 aliphatic carbocycles. The minimum atomic E-state index is 1.04. The van der Waals surface area contributed by atoms with Crippen molar-refractivity contribution in [1.29, 1.82) is 0 Å². The molecule has 0 aromatic rings. The van der Waals surface area contributed by atoms with Gasteiger partial charge in [0.15, 0.2) is 0 Å². The fraction of sp³-hybridized carbons (Fsp3) is 0.333. The number of hydrogen-bond donors (Lipinski definition) is 0. The third-order valence-electron chi connectivity index (χ3n) is 1.78. The van der Waals surface area contributed by atoms with Crippen molar-refractivity contribution in [3.05, 3.63) is 48.6 Å². The molecule has 0 unspecified atom stereocenters. The molecule has 1 rings (SSSR count). The predicted octanol–water partition coefficient (Wildman–Crippen LogP) is 3.79. The second-order valence-electron chi connectivity index (χ2n) is 2.88. The Hall–Kier alpha value is -1.04. The number of hydrogen-bond acceptors (Lipinski definition) is 0. The molecule has 0 amide bonds. The van der Waals surface area contributed by atoms with E-state index in [1.165, 1.54) is 19.3 Å². The van der Waals surface area contributed by atoms with Crippen LogP contribution in [0.5, 0.6) is 0 Å². The summed E-state index contributed by atoms with van der Waals surface area (Å²) in [6.07, 6.45) is 22.0. The largest absolute Gasteiger partial charge is 0.0845 e. The highest BCUT2D eigenvalue weighted by molar-refractivity contribution is 5.09. The highest BCUT2D eigenvalue weighted by atomic mass is 13.9. The first-order valence-corrected chi connectivity index (χ1v) is 4.63. The molecular weight excluding hydrogens is 144 g/mol. The first kappa shape index (κ1) is 9.05. The van der Waals surface area contributed by atoms with Gasteiger partial charge in [0.1, 0.15) is 0 Å². The van der Waals surface area contributed by atoms with E-state index >= 15 is 0 Å². The SMILES string of the molecule is C1=CC/C=C\C=C\CCC/C=C\1. The summed E-state index contributed by atoms with van der Waals surface area (Å²) in [5.41, 5.74) is 0. The summed E-state index contributed by atoms with van der Waals surface area (Å²) in [7, 11) is 0. The highest BCUT2D eigenvalue weighted by Gasteiger charge is 1.79. The van der Waals surface area contributed by atoms with Gasteiger partial charge in [-0.25, -0.2) is 0 Å². The molecule has 1 aliphatic rings. The second kappa shape index (κ2) is 6.66. The van der Waals surface area contributed by atoms with Crippen LogP contribution in [-0.2, 0) is 0 Å². The van der Waals surface area contributed by atoms with Gasteiger partial charge in [-0.05, 0) is 25.7 Å². The summed E-state index contributed by atoms with van der Waals surface area (Å²) in [5, 5.41) is 0. The van der Waals surface area contributed by atoms with Gasteiger partial charge in [0, 0.05) is 0 Å². The Morgan fingerprint density at radius 3 is 1.67 bits per heavy atom. The Morgan fingerprint density at radius 1 is 0.583 bits per heavy atom. The Labute approximate surface area is 75.0 Å². The second-order valence-corrected chi connectivity index (χ2v) is 2.88. The topological polar surface area (TPSA) is 0 Å². The predicted molar refractivity (Wildman–Crippen MR) is 55.0 cm³/mol. The molecule has 0 radical (unpaired) electrons. The van der Waals surface area contributed by atoms with Gasteiger partial charge in [-0.2, -0.15) is 0 Å². The third kappa shape index (κ3) is 4.73. The van der Waals surface area contributed by atoms with Crippen LogP contribution in [0.1, 0.15) is 25.7 Å². The molecular formula is C12H16. The molecule has 0 nitrogen and oxygen atoms in total. The lowest BCUT2D eigenvalue weighted by atomic mass is 10.2. The molecule has 0 aromatic carbocycles. The Morgan fingerprint density at radius 2 is 1.08 bits per heavy atom. The van der Waals surface area contributed by atoms with E-state index in [0.29, 0.717) is 0 Å². The van der Waals surface area contributed by atoms with Gasteiger partial charge in [0.2, 0.25) is 0 Å². The summed E-state index contributed by atoms with van der Waals surface area (Å²) < 4.78 is 0. The summed E-state index contributed by atoms with van der Waals surface area (Å²) in [5.74, 6) is 0. The molecule has 0 atom stereocenters. The van der Waals surface area contributed by atoms with Crippen molar-refractivity contribution in [1.82, 2.24) is 0 Å². The van der Waals surface area contributed by atoms with E-state index in [9.17, 15) is 0 Å². The number of rotatable bonds is 0. The van der Waals surface area contributed by atoms with E-state index in [2.05, 4.69) is 48.6 Å². The van der Waals surface area contributed by atoms with Crippen molar-refractivity contribution in [3.63, 3.8) is 0 Å². The third-order valence-corrected chi connectivity index (χ3v) is 1.78. The van der Waals surface area contributed by atoms with Crippen molar-refractivity contribution in [2.45, 2.75) is 25.7 Å². The smallest absolute Gasteiger partial charge is 0.0163 e. The Kier molecular flexibility index (Phi) is 5.02. The van der Waals surface area contributed by atoms with Crippen LogP contribution in [-0.4, -0.2) is 0 Å². The summed E-state index contributed by atoms with van der Waals surface area (Å²) in [6, 6.07) is 0. The molecule has 0 fully saturated rings. The lowest BCUT2D eigenvalue weighted by molar-refractivity contribution is 0.868. The van der Waals surface area contributed by atoms with Gasteiger partial charge in [-0.3, -0.25) is 0 Å². The van der Waals surface area contributed by atoms with Gasteiger partial charge in [-0.15, -0.1) is 0 Å². The average Bonchev–Trinajstić information content (AvgIpc) is 2.05. The van der Waals surface area contributed by atoms with Crippen LogP contribution in [0.3, 0.4) is 0 Å². The molecule has 0 spiro atoms. The molecule has 0 saturated heterocycles. The monoisotopic (exact) mass is 160 g/mol. The first-order valence-electron chi connectivity index (χ1n) is 4.63. The zero-order valence-electron chi connectivity index (χ0n) is 7.45. The molecule has 0 aromatic heterocycles. The maximum absolute atomic E-state index is 2.23. The zero-order chi connectivity index (χ0) is 8.49. The van der Waals surface area contributed by atoms with Gasteiger partial charge in [0.05, 0.1) is 0 Å². The standard InChI is InChI=1S/C12H16/c1-2-4-6-8-10-12-11-9-7-5-3-1/h1-4,7,9,11-12H,5-6,8,10H2/b3-1-,4-2+,9-7?,12-11-. The van der Waals surface area contributed by atoms with Gasteiger partial charge < -0.3 is 0 Å². The van der Waals surface area contributed by atoms with Crippen LogP contribution in [0.15, 0.2) is 48.6 Å². The molecule has 0 aliphatic heterocycles. The maximum atomic E-state index is 2.23. The van der Waals surface area contributed by atoms with E-state index in [1.54, 1.807) is 0 Å². The summed E-state index contributed by atoms with van der Waals surface area (Å²) in [6.45, 7) is 0. The fourth-order valence-electron chi connectivity index (χ4n) is 1.10. The summed E-state index contributed by atoms with van der Waals surface area (Å²) in [4.78, 5) is 0. The lowest BCUT2D eigenvalue weighted by Gasteiger charge is -1.89. The van der Waals surface area contributed by atoms with Crippen molar-refractivity contribution in [3.8, 4) is 0 Å². The van der Waals surface area contributed by atoms with Gasteiger partial charge in [-0.1, -0.05) is 48.6 Å². The van der Waals surface area contributed by atoms with Crippen LogP contribution in [0.4, 0.5) is 0 Å². The normalized spacial score (nSPS) is 26.7. The molecule has 64 valence electrons. The van der Waals surface area contributed by atoms with Crippen molar-refractivity contribution < 1.29 is 0 Å². The van der Waals surface area contributed by atoms with Gasteiger partial charge >= 0.3 is 0 Å². The Bertz CT molecular complexity index is 182.